The first kappa shape index (κ1) is 23.2. The van der Waals surface area contributed by atoms with Crippen LogP contribution in [0, 0.1) is 0 Å². The van der Waals surface area contributed by atoms with Gasteiger partial charge in [0.15, 0.2) is 0 Å². The van der Waals surface area contributed by atoms with Gasteiger partial charge < -0.3 is 9.47 Å². The Hall–Kier alpha value is -3.11. The van der Waals surface area contributed by atoms with E-state index in [1.54, 1.807) is 36.4 Å². The van der Waals surface area contributed by atoms with E-state index in [1.165, 1.54) is 24.3 Å². The molecule has 160 valence electrons. The van der Waals surface area contributed by atoms with Crippen molar-refractivity contribution in [2.75, 3.05) is 28.4 Å². The molecule has 2 aromatic rings. The molecule has 0 radical (unpaired) electrons. The minimum absolute atomic E-state index is 0.0853. The minimum atomic E-state index is -2.43. The predicted octanol–water partition coefficient (Wildman–Crippen LogP) is 1.85. The van der Waals surface area contributed by atoms with E-state index < -0.39 is 28.9 Å². The Kier molecular flexibility index (Phi) is 7.79. The van der Waals surface area contributed by atoms with Gasteiger partial charge in [-0.15, -0.1) is 0 Å². The van der Waals surface area contributed by atoms with Gasteiger partial charge in [-0.1, -0.05) is 60.7 Å². The van der Waals surface area contributed by atoms with Gasteiger partial charge in [-0.3, -0.25) is 14.6 Å². The SMILES string of the molecule is COOC(=O)C(OC)(C(=O)C(OC)(C(=O)OOC)c1ccccc1)c1ccccc1. The minimum Gasteiger partial charge on any atom is -0.355 e. The molecule has 0 heterocycles. The number of benzene rings is 2. The van der Waals surface area contributed by atoms with Crippen LogP contribution in [0.15, 0.2) is 60.7 Å². The maximum Gasteiger partial charge on any atom is 0.386 e. The zero-order chi connectivity index (χ0) is 22.2. The van der Waals surface area contributed by atoms with Crippen molar-refractivity contribution in [1.82, 2.24) is 0 Å². The number of ketones is 1. The molecule has 2 unspecified atom stereocenters. The van der Waals surface area contributed by atoms with E-state index in [-0.39, 0.29) is 11.1 Å². The lowest BCUT2D eigenvalue weighted by atomic mass is 9.76. The van der Waals surface area contributed by atoms with Crippen LogP contribution in [-0.2, 0) is 54.6 Å². The highest BCUT2D eigenvalue weighted by molar-refractivity contribution is 6.19. The summed E-state index contributed by atoms with van der Waals surface area (Å²) in [7, 11) is 4.42. The monoisotopic (exact) mass is 418 g/mol. The third-order valence-electron chi connectivity index (χ3n) is 4.51. The van der Waals surface area contributed by atoms with Crippen molar-refractivity contribution < 1.29 is 43.4 Å². The summed E-state index contributed by atoms with van der Waals surface area (Å²) in [6.45, 7) is 0. The van der Waals surface area contributed by atoms with Crippen molar-refractivity contribution in [3.63, 3.8) is 0 Å². The van der Waals surface area contributed by atoms with Crippen LogP contribution in [0.4, 0.5) is 0 Å². The summed E-state index contributed by atoms with van der Waals surface area (Å²) in [6, 6.07) is 15.5. The second kappa shape index (κ2) is 10.1. The molecule has 30 heavy (non-hydrogen) atoms. The molecular weight excluding hydrogens is 396 g/mol. The Morgan fingerprint density at radius 3 is 1.20 bits per heavy atom. The molecule has 0 aliphatic heterocycles. The highest BCUT2D eigenvalue weighted by atomic mass is 17.2. The van der Waals surface area contributed by atoms with E-state index in [0.717, 1.165) is 28.4 Å². The van der Waals surface area contributed by atoms with Crippen molar-refractivity contribution in [3.8, 4) is 0 Å². The Balaban J connectivity index is 2.84. The number of carbonyl (C=O) groups is 3. The number of hydrogen-bond donors (Lipinski definition) is 0. The molecule has 0 amide bonds. The van der Waals surface area contributed by atoms with Crippen LogP contribution >= 0.6 is 0 Å². The van der Waals surface area contributed by atoms with Crippen LogP contribution in [0.1, 0.15) is 11.1 Å². The molecule has 0 aliphatic rings. The van der Waals surface area contributed by atoms with Crippen LogP contribution < -0.4 is 0 Å². The van der Waals surface area contributed by atoms with E-state index in [4.69, 9.17) is 9.47 Å². The highest BCUT2D eigenvalue weighted by Gasteiger charge is 2.64. The van der Waals surface area contributed by atoms with E-state index in [2.05, 4.69) is 19.6 Å². The maximum absolute atomic E-state index is 14.0. The molecule has 0 N–H and O–H groups in total. The normalized spacial score (nSPS) is 14.8. The fraction of sp³-hybridized carbons (Fsp3) is 0.286. The lowest BCUT2D eigenvalue weighted by Crippen LogP contribution is -2.59. The molecule has 0 spiro atoms. The lowest BCUT2D eigenvalue weighted by molar-refractivity contribution is -0.278. The average molecular weight is 418 g/mol. The fourth-order valence-electron chi connectivity index (χ4n) is 3.13. The lowest BCUT2D eigenvalue weighted by Gasteiger charge is -2.36. The summed E-state index contributed by atoms with van der Waals surface area (Å²) < 4.78 is 10.9. The molecule has 2 rings (SSSR count). The van der Waals surface area contributed by atoms with Crippen LogP contribution in [0.25, 0.3) is 0 Å². The Bertz CT molecular complexity index is 797. The number of Topliss-reactive ketones (excluding diaryl/α,β-unsaturated/α-hetero) is 1. The molecule has 0 bridgehead atoms. The van der Waals surface area contributed by atoms with Gasteiger partial charge in [-0.05, 0) is 0 Å². The third-order valence-corrected chi connectivity index (χ3v) is 4.51. The first-order chi connectivity index (χ1) is 14.4. The van der Waals surface area contributed by atoms with Crippen molar-refractivity contribution >= 4 is 17.7 Å². The topological polar surface area (TPSA) is 107 Å². The molecule has 2 atom stereocenters. The molecule has 9 nitrogen and oxygen atoms in total. The zero-order valence-corrected chi connectivity index (χ0v) is 16.9. The molecule has 0 saturated heterocycles. The Morgan fingerprint density at radius 1 is 0.600 bits per heavy atom. The number of methoxy groups -OCH3 is 2. The second-order valence-electron chi connectivity index (χ2n) is 5.91. The van der Waals surface area contributed by atoms with Crippen molar-refractivity contribution in [2.24, 2.45) is 0 Å². The molecule has 0 aromatic heterocycles. The molecular formula is C21H22O9. The number of carbonyl (C=O) groups excluding carboxylic acids is 3. The standard InChI is InChI=1S/C21H22O9/c1-25-20(18(23)29-27-3,15-11-7-5-8-12-15)17(22)21(26-2,19(24)30-28-4)16-13-9-6-10-14-16/h5-14H,1-4H3. The first-order valence-corrected chi connectivity index (χ1v) is 8.72. The molecule has 9 heteroatoms. The van der Waals surface area contributed by atoms with Crippen LogP contribution in [0.3, 0.4) is 0 Å². The predicted molar refractivity (Wildman–Crippen MR) is 101 cm³/mol. The maximum atomic E-state index is 14.0. The van der Waals surface area contributed by atoms with Gasteiger partial charge in [0.1, 0.15) is 0 Å². The fourth-order valence-corrected chi connectivity index (χ4v) is 3.13. The highest BCUT2D eigenvalue weighted by Crippen LogP contribution is 2.39. The summed E-state index contributed by atoms with van der Waals surface area (Å²) in [5.74, 6) is -3.56. The van der Waals surface area contributed by atoms with Crippen molar-refractivity contribution in [3.05, 3.63) is 71.8 Å². The van der Waals surface area contributed by atoms with Crippen LogP contribution in [0.5, 0.6) is 0 Å². The third kappa shape index (κ3) is 3.83. The average Bonchev–Trinajstić information content (AvgIpc) is 2.77. The summed E-state index contributed by atoms with van der Waals surface area (Å²) in [5.41, 5.74) is -4.70. The van der Waals surface area contributed by atoms with Gasteiger partial charge in [0, 0.05) is 25.3 Å². The number of ether oxygens (including phenoxy) is 2. The van der Waals surface area contributed by atoms with E-state index >= 15 is 0 Å². The largest absolute Gasteiger partial charge is 0.386 e. The molecule has 2 aromatic carbocycles. The Morgan fingerprint density at radius 2 is 0.933 bits per heavy atom. The quantitative estimate of drug-likeness (QED) is 0.325. The zero-order valence-electron chi connectivity index (χ0n) is 16.9. The van der Waals surface area contributed by atoms with Gasteiger partial charge in [0.25, 0.3) is 11.2 Å². The number of hydrogen-bond acceptors (Lipinski definition) is 9. The number of rotatable bonds is 10. The van der Waals surface area contributed by atoms with Crippen molar-refractivity contribution in [1.29, 1.82) is 0 Å². The van der Waals surface area contributed by atoms with E-state index in [9.17, 15) is 14.4 Å². The van der Waals surface area contributed by atoms with Gasteiger partial charge in [-0.2, -0.15) is 9.78 Å². The smallest absolute Gasteiger partial charge is 0.355 e. The van der Waals surface area contributed by atoms with E-state index in [0.29, 0.717) is 0 Å². The summed E-state index contributed by atoms with van der Waals surface area (Å²) in [5, 5.41) is 0. The summed E-state index contributed by atoms with van der Waals surface area (Å²) >= 11 is 0. The van der Waals surface area contributed by atoms with Crippen LogP contribution in [-0.4, -0.2) is 46.2 Å². The second-order valence-corrected chi connectivity index (χ2v) is 5.91. The van der Waals surface area contributed by atoms with Gasteiger partial charge in [0.2, 0.25) is 5.78 Å². The van der Waals surface area contributed by atoms with Gasteiger partial charge in [0.05, 0.1) is 14.2 Å². The summed E-state index contributed by atoms with van der Waals surface area (Å²) in [4.78, 5) is 58.3. The molecule has 0 aliphatic carbocycles. The Labute approximate surface area is 173 Å². The van der Waals surface area contributed by atoms with Gasteiger partial charge >= 0.3 is 11.9 Å². The molecule has 0 fully saturated rings. The summed E-state index contributed by atoms with van der Waals surface area (Å²) in [6.07, 6.45) is 0. The van der Waals surface area contributed by atoms with Gasteiger partial charge in [-0.25, -0.2) is 9.59 Å². The molecule has 0 saturated carbocycles. The van der Waals surface area contributed by atoms with Crippen LogP contribution in [0.2, 0.25) is 0 Å². The first-order valence-electron chi connectivity index (χ1n) is 8.72. The van der Waals surface area contributed by atoms with Crippen molar-refractivity contribution in [2.45, 2.75) is 11.2 Å². The van der Waals surface area contributed by atoms with E-state index in [1.807, 2.05) is 0 Å².